The first-order valence-electron chi connectivity index (χ1n) is 39.2. The van der Waals surface area contributed by atoms with Crippen LogP contribution in [-0.2, 0) is 32.1 Å². The van der Waals surface area contributed by atoms with E-state index >= 15 is 0 Å². The van der Waals surface area contributed by atoms with Crippen LogP contribution in [0.25, 0.3) is 83.7 Å². The van der Waals surface area contributed by atoms with Crippen molar-refractivity contribution >= 4 is 124 Å². The molecule has 20 rings (SSSR count). The number of thiophene rings is 1. The maximum Gasteiger partial charge on any atom is 0.151 e. The Kier molecular flexibility index (Phi) is 24.4. The average Bonchev–Trinajstić information content (AvgIpc) is 1.77. The summed E-state index contributed by atoms with van der Waals surface area (Å²) in [7, 11) is 0. The lowest BCUT2D eigenvalue weighted by atomic mass is 10.1. The molecule has 7 aromatic carbocycles. The van der Waals surface area contributed by atoms with Crippen LogP contribution in [0, 0.1) is 13.8 Å². The molecular weight excluding hydrogens is 1440 g/mol. The fraction of sp³-hybridized carbons (Fsp3) is 0.175. The van der Waals surface area contributed by atoms with Crippen LogP contribution >= 0.6 is 11.3 Å². The van der Waals surface area contributed by atoms with Gasteiger partial charge < -0.3 is 4.42 Å². The van der Waals surface area contributed by atoms with Gasteiger partial charge in [-0.3, -0.25) is 54.9 Å². The van der Waals surface area contributed by atoms with E-state index in [0.717, 1.165) is 220 Å². The van der Waals surface area contributed by atoms with Crippen molar-refractivity contribution in [3.8, 4) is 0 Å². The predicted octanol–water partition coefficient (Wildman–Crippen LogP) is 21.9. The molecule has 0 amide bonds. The van der Waals surface area contributed by atoms with Gasteiger partial charge >= 0.3 is 0 Å². The molecule has 115 heavy (non-hydrogen) atoms. The van der Waals surface area contributed by atoms with Crippen molar-refractivity contribution < 1.29 is 4.42 Å². The minimum atomic E-state index is 0.834. The molecule has 0 saturated heterocycles. The molecule has 13 heterocycles. The number of aliphatic imine (C=N–C) groups is 5. The van der Waals surface area contributed by atoms with Crippen LogP contribution in [0.1, 0.15) is 132 Å². The Bertz CT molecular complexity index is 6160. The van der Waals surface area contributed by atoms with Crippen molar-refractivity contribution in [2.75, 3.05) is 0 Å². The van der Waals surface area contributed by atoms with Crippen LogP contribution in [-0.4, -0.2) is 83.4 Å². The highest BCUT2D eigenvalue weighted by Crippen LogP contribution is 2.31. The highest BCUT2D eigenvalue weighted by Gasteiger charge is 2.18. The lowest BCUT2D eigenvalue weighted by molar-refractivity contribution is 0.552. The van der Waals surface area contributed by atoms with Crippen LogP contribution in [0.4, 0.5) is 0 Å². The number of furan rings is 1. The maximum absolute atomic E-state index is 5.38. The molecule has 17 nitrogen and oxygen atoms in total. The summed E-state index contributed by atoms with van der Waals surface area (Å²) in [5.41, 5.74) is 33.3. The molecular formula is C97H84N16OS. The van der Waals surface area contributed by atoms with Gasteiger partial charge in [0.05, 0.1) is 113 Å². The van der Waals surface area contributed by atoms with Gasteiger partial charge in [-0.1, -0.05) is 133 Å². The molecule has 0 aliphatic carbocycles. The summed E-state index contributed by atoms with van der Waals surface area (Å²) < 4.78 is 5.38. The molecule has 564 valence electrons. The number of pyridine rings is 1. The molecule has 0 saturated carbocycles. The topological polar surface area (TPSA) is 217 Å². The number of hydrogen-bond acceptors (Lipinski definition) is 18. The number of para-hydroxylation sites is 10. The second-order valence-electron chi connectivity index (χ2n) is 28.5. The number of fused-ring (bicyclic) bond motifs is 5. The Balaban J connectivity index is 0.000000108. The van der Waals surface area contributed by atoms with Gasteiger partial charge in [-0.2, -0.15) is 11.3 Å². The van der Waals surface area contributed by atoms with Crippen LogP contribution in [0.15, 0.2) is 320 Å². The quantitative estimate of drug-likeness (QED) is 0.0696. The zero-order chi connectivity index (χ0) is 77.8. The van der Waals surface area contributed by atoms with Crippen LogP contribution in [0.5, 0.6) is 0 Å². The number of nitrogens with zero attached hydrogens (tertiary/aromatic N) is 16. The van der Waals surface area contributed by atoms with E-state index in [9.17, 15) is 0 Å². The van der Waals surface area contributed by atoms with E-state index in [1.807, 2.05) is 177 Å². The minimum Gasteiger partial charge on any atom is -0.463 e. The first-order valence-corrected chi connectivity index (χ1v) is 40.1. The molecule has 5 aliphatic rings. The molecule has 5 aliphatic heterocycles. The van der Waals surface area contributed by atoms with Gasteiger partial charge in [0.15, 0.2) is 5.76 Å². The SMILES string of the molecule is C1=C(c2ccco2)N=C(CCc2cnc3ccccc3n2)C1.C1=C(c2ccncc2)N=C(CCc2cnc3ccccc3n2)C1.C1=C(c2ccsc2)N=C(CCc2cnc3ccccc3n2)C1.Cc1cccc(C2=CCC(CCc3cnc4ccccc4n3)=N2)c1.Cc1ccccc1C1=CCC(CCc2cnc3ccccc3n2)=N1. The Labute approximate surface area is 672 Å². The largest absolute Gasteiger partial charge is 0.463 e. The third-order valence-electron chi connectivity index (χ3n) is 20.2. The number of benzene rings is 7. The van der Waals surface area contributed by atoms with Crippen molar-refractivity contribution in [2.45, 2.75) is 110 Å². The zero-order valence-electron chi connectivity index (χ0n) is 64.3. The Morgan fingerprint density at radius 3 is 1.04 bits per heavy atom. The van der Waals surface area contributed by atoms with Gasteiger partial charge in [0, 0.05) is 132 Å². The van der Waals surface area contributed by atoms with E-state index in [-0.39, 0.29) is 0 Å². The summed E-state index contributed by atoms with van der Waals surface area (Å²) in [4.78, 5) is 73.5. The van der Waals surface area contributed by atoms with Crippen molar-refractivity contribution in [2.24, 2.45) is 25.0 Å². The van der Waals surface area contributed by atoms with Gasteiger partial charge in [-0.25, -0.2) is 24.9 Å². The van der Waals surface area contributed by atoms with Crippen LogP contribution in [0.2, 0.25) is 0 Å². The van der Waals surface area contributed by atoms with E-state index in [1.165, 1.54) is 56.4 Å². The number of aryl methyl sites for hydroxylation is 7. The van der Waals surface area contributed by atoms with E-state index in [1.54, 1.807) is 30.0 Å². The molecule has 18 heteroatoms. The summed E-state index contributed by atoms with van der Waals surface area (Å²) in [6.45, 7) is 4.25. The average molecular weight is 1520 g/mol. The van der Waals surface area contributed by atoms with Gasteiger partial charge in [0.25, 0.3) is 0 Å². The summed E-state index contributed by atoms with van der Waals surface area (Å²) >= 11 is 1.71. The lowest BCUT2D eigenvalue weighted by Crippen LogP contribution is -1.99. The zero-order valence-corrected chi connectivity index (χ0v) is 65.1. The Morgan fingerprint density at radius 1 is 0.304 bits per heavy atom. The monoisotopic (exact) mass is 1520 g/mol. The second-order valence-corrected chi connectivity index (χ2v) is 29.3. The normalized spacial score (nSPS) is 14.0. The van der Waals surface area contributed by atoms with Crippen molar-refractivity contribution in [3.05, 3.63) is 359 Å². The highest BCUT2D eigenvalue weighted by molar-refractivity contribution is 7.08. The molecule has 8 aromatic heterocycles. The molecule has 0 spiro atoms. The molecule has 0 radical (unpaired) electrons. The first-order chi connectivity index (χ1) is 56.7. The summed E-state index contributed by atoms with van der Waals surface area (Å²) in [6, 6.07) is 66.7. The maximum atomic E-state index is 5.38. The van der Waals surface area contributed by atoms with Crippen molar-refractivity contribution in [1.29, 1.82) is 0 Å². The predicted molar refractivity (Wildman–Crippen MR) is 469 cm³/mol. The fourth-order valence-corrected chi connectivity index (χ4v) is 14.7. The minimum absolute atomic E-state index is 0.834. The summed E-state index contributed by atoms with van der Waals surface area (Å²) in [5, 5.41) is 4.24. The van der Waals surface area contributed by atoms with E-state index < -0.39 is 0 Å². The fourth-order valence-electron chi connectivity index (χ4n) is 14.0. The number of aromatic nitrogens is 11. The van der Waals surface area contributed by atoms with Gasteiger partial charge in [-0.15, -0.1) is 0 Å². The molecule has 0 bridgehead atoms. The number of rotatable bonds is 20. The first kappa shape index (κ1) is 75.5. The van der Waals surface area contributed by atoms with Crippen LogP contribution < -0.4 is 0 Å². The Morgan fingerprint density at radius 2 is 0.661 bits per heavy atom. The van der Waals surface area contributed by atoms with Crippen molar-refractivity contribution in [3.63, 3.8) is 0 Å². The van der Waals surface area contributed by atoms with Gasteiger partial charge in [0.1, 0.15) is 5.70 Å². The molecule has 15 aromatic rings. The lowest BCUT2D eigenvalue weighted by Gasteiger charge is -2.04. The Hall–Kier alpha value is -13.6. The van der Waals surface area contributed by atoms with E-state index in [2.05, 4.69) is 159 Å². The van der Waals surface area contributed by atoms with Crippen LogP contribution in [0.3, 0.4) is 0 Å². The molecule has 0 N–H and O–H groups in total. The highest BCUT2D eigenvalue weighted by atomic mass is 32.1. The third kappa shape index (κ3) is 20.2. The molecule has 0 unspecified atom stereocenters. The molecule has 0 fully saturated rings. The summed E-state index contributed by atoms with van der Waals surface area (Å²) in [5.74, 6) is 0.834. The third-order valence-corrected chi connectivity index (χ3v) is 20.9. The van der Waals surface area contributed by atoms with Crippen molar-refractivity contribution in [1.82, 2.24) is 54.8 Å². The smallest absolute Gasteiger partial charge is 0.151 e. The number of allylic oxidation sites excluding steroid dienone is 5. The number of hydrogen-bond donors (Lipinski definition) is 0. The van der Waals surface area contributed by atoms with E-state index in [0.29, 0.717) is 0 Å². The van der Waals surface area contributed by atoms with E-state index in [4.69, 9.17) is 34.4 Å². The van der Waals surface area contributed by atoms with Gasteiger partial charge in [0.2, 0.25) is 0 Å². The molecule has 0 atom stereocenters. The second kappa shape index (κ2) is 37.2. The standard InChI is InChI=1S/2C21H19N3.C19H16N4.C18H15N3O.C18H15N3S/c1-15-5-4-6-16(13-15)19-12-11-17(23-19)9-10-18-14-22-20-7-2-3-8-21(20)24-18;1-15-6-2-3-7-18(15)19-13-12-16(23-19)10-11-17-14-22-20-8-4-5-9-21(20)24-17;1-2-4-19-18(3-1)21-13-16(23-19)6-5-15-7-8-17(22-15)14-9-11-20-12-10-14;1-2-5-16-15(4-1)19-12-14(21-16)8-7-13-9-10-17(20-13)18-6-3-11-22-18;1-2-4-18-17(3-1)19-11-15(21-18)6-5-14-7-8-16(20-14)13-9-10-22-12-13/h2-8,12-14H,9-11H2,1H3;2-9,13-14H,10-12H2,1H3;1-4,8-13H,5-7H2;1-6,10-12H,7-9H2;1-4,8-12H,5-7H2. The van der Waals surface area contributed by atoms with Gasteiger partial charge in [-0.05, 0) is 192 Å². The summed E-state index contributed by atoms with van der Waals surface area (Å²) in [6.07, 6.45) is 39.2.